The first-order valence-electron chi connectivity index (χ1n) is 11.1. The van der Waals surface area contributed by atoms with E-state index >= 15 is 4.39 Å². The van der Waals surface area contributed by atoms with E-state index in [-0.39, 0.29) is 22.6 Å². The van der Waals surface area contributed by atoms with E-state index < -0.39 is 33.3 Å². The number of nitrogens with zero attached hydrogens (tertiary/aromatic N) is 3. The molecule has 0 saturated heterocycles. The lowest BCUT2D eigenvalue weighted by atomic mass is 9.98. The third kappa shape index (κ3) is 5.73. The molecule has 0 amide bonds. The zero-order valence-electron chi connectivity index (χ0n) is 20.4. The molecular formula is C25H26F3N5OS2. The predicted octanol–water partition coefficient (Wildman–Crippen LogP) is 6.73. The Labute approximate surface area is 214 Å². The Hall–Kier alpha value is -3.31. The molecule has 190 valence electrons. The number of anilines is 2. The van der Waals surface area contributed by atoms with E-state index in [0.29, 0.717) is 16.3 Å². The molecule has 3 N–H and O–H groups in total. The maximum atomic E-state index is 15.6. The summed E-state index contributed by atoms with van der Waals surface area (Å²) < 4.78 is 58.7. The second kappa shape index (κ2) is 11.2. The number of hydrogen-bond donors (Lipinski definition) is 2. The molecule has 4 aromatic rings. The van der Waals surface area contributed by atoms with Gasteiger partial charge in [0, 0.05) is 17.2 Å². The van der Waals surface area contributed by atoms with Gasteiger partial charge in [-0.1, -0.05) is 46.8 Å². The van der Waals surface area contributed by atoms with E-state index in [9.17, 15) is 13.0 Å². The number of benzene rings is 2. The van der Waals surface area contributed by atoms with Crippen LogP contribution in [0.15, 0.2) is 53.6 Å². The second-order valence-electron chi connectivity index (χ2n) is 8.34. The Morgan fingerprint density at radius 3 is 2.22 bits per heavy atom. The Bertz CT molecular complexity index is 1380. The van der Waals surface area contributed by atoms with Gasteiger partial charge in [-0.2, -0.15) is 0 Å². The van der Waals surface area contributed by atoms with Crippen LogP contribution in [0.5, 0.6) is 0 Å². The van der Waals surface area contributed by atoms with Crippen molar-refractivity contribution in [3.63, 3.8) is 0 Å². The molecule has 36 heavy (non-hydrogen) atoms. The molecule has 1 unspecified atom stereocenters. The molecule has 2 aromatic carbocycles. The molecule has 0 aliphatic rings. The van der Waals surface area contributed by atoms with Gasteiger partial charge >= 0.3 is 0 Å². The Morgan fingerprint density at radius 1 is 0.972 bits per heavy atom. The third-order valence-corrected chi connectivity index (χ3v) is 7.41. The van der Waals surface area contributed by atoms with Gasteiger partial charge < -0.3 is 5.73 Å². The van der Waals surface area contributed by atoms with Crippen LogP contribution < -0.4 is 10.5 Å². The number of rotatable bonds is 5. The van der Waals surface area contributed by atoms with Gasteiger partial charge in [-0.3, -0.25) is 4.72 Å². The lowest BCUT2D eigenvalue weighted by molar-refractivity contribution is 0.535. The van der Waals surface area contributed by atoms with Crippen LogP contribution in [-0.2, 0) is 16.4 Å². The quantitative estimate of drug-likeness (QED) is 0.297. The van der Waals surface area contributed by atoms with E-state index in [4.69, 9.17) is 5.73 Å². The molecule has 4 rings (SSSR count). The van der Waals surface area contributed by atoms with Crippen molar-refractivity contribution >= 4 is 34.0 Å². The normalized spacial score (nSPS) is 12.0. The van der Waals surface area contributed by atoms with Crippen molar-refractivity contribution in [2.24, 2.45) is 0 Å². The van der Waals surface area contributed by atoms with Crippen molar-refractivity contribution in [3.05, 3.63) is 71.1 Å². The highest BCUT2D eigenvalue weighted by Crippen LogP contribution is 2.41. The molecule has 0 radical (unpaired) electrons. The molecule has 0 fully saturated rings. The van der Waals surface area contributed by atoms with Crippen molar-refractivity contribution < 1.29 is 17.4 Å². The second-order valence-corrected chi connectivity index (χ2v) is 10.5. The molecule has 0 saturated carbocycles. The fourth-order valence-electron chi connectivity index (χ4n) is 3.10. The molecule has 0 spiro atoms. The zero-order valence-corrected chi connectivity index (χ0v) is 22.0. The van der Waals surface area contributed by atoms with Crippen molar-refractivity contribution in [1.29, 1.82) is 0 Å². The molecule has 0 bridgehead atoms. The summed E-state index contributed by atoms with van der Waals surface area (Å²) in [4.78, 5) is 12.7. The van der Waals surface area contributed by atoms with Crippen LogP contribution >= 0.6 is 11.3 Å². The monoisotopic (exact) mass is 533 g/mol. The maximum Gasteiger partial charge on any atom is 0.220 e. The standard InChI is InChI=1S/C23H20F3N5OS2.C2H6/c1-23(2,3)21-30-18(19(33-21)16-10-11-28-22(27)29-16)12-6-4-9-15(17(12)26)31-34(32)20-13(24)7-5-8-14(20)25;1-2/h4-11,31H,1-3H3,(H2,27,28,29);1-2H3. The minimum absolute atomic E-state index is 0.0624. The van der Waals surface area contributed by atoms with Crippen LogP contribution in [0.4, 0.5) is 24.8 Å². The minimum Gasteiger partial charge on any atom is -0.368 e. The third-order valence-electron chi connectivity index (χ3n) is 4.74. The predicted molar refractivity (Wildman–Crippen MR) is 139 cm³/mol. The Balaban J connectivity index is 0.00000176. The highest BCUT2D eigenvalue weighted by atomic mass is 32.2. The van der Waals surface area contributed by atoms with Gasteiger partial charge in [0.2, 0.25) is 5.95 Å². The summed E-state index contributed by atoms with van der Waals surface area (Å²) in [7, 11) is -2.38. The molecule has 2 heterocycles. The van der Waals surface area contributed by atoms with E-state index in [1.807, 2.05) is 34.6 Å². The average Bonchev–Trinajstić information content (AvgIpc) is 3.28. The first-order chi connectivity index (χ1) is 17.1. The molecule has 0 aliphatic heterocycles. The zero-order chi connectivity index (χ0) is 26.6. The number of thiazole rings is 1. The van der Waals surface area contributed by atoms with E-state index in [2.05, 4.69) is 19.7 Å². The molecular weight excluding hydrogens is 507 g/mol. The lowest BCUT2D eigenvalue weighted by Gasteiger charge is -2.13. The van der Waals surface area contributed by atoms with Crippen LogP contribution in [0, 0.1) is 17.5 Å². The molecule has 11 heteroatoms. The van der Waals surface area contributed by atoms with Gasteiger partial charge in [0.1, 0.15) is 16.5 Å². The van der Waals surface area contributed by atoms with Gasteiger partial charge in [-0.15, -0.1) is 11.3 Å². The van der Waals surface area contributed by atoms with Crippen LogP contribution in [0.25, 0.3) is 21.8 Å². The summed E-state index contributed by atoms with van der Waals surface area (Å²) >= 11 is 1.35. The first-order valence-corrected chi connectivity index (χ1v) is 13.0. The number of nitrogens with one attached hydrogen (secondary N) is 1. The molecule has 2 aromatic heterocycles. The number of hydrogen-bond acceptors (Lipinski definition) is 6. The Morgan fingerprint density at radius 2 is 1.61 bits per heavy atom. The number of halogens is 3. The van der Waals surface area contributed by atoms with E-state index in [0.717, 1.165) is 23.2 Å². The van der Waals surface area contributed by atoms with Gasteiger partial charge in [-0.25, -0.2) is 32.3 Å². The van der Waals surface area contributed by atoms with Crippen LogP contribution in [0.2, 0.25) is 0 Å². The summed E-state index contributed by atoms with van der Waals surface area (Å²) in [6, 6.07) is 9.14. The number of nitrogen functional groups attached to an aromatic ring is 1. The highest BCUT2D eigenvalue weighted by Gasteiger charge is 2.26. The van der Waals surface area contributed by atoms with Gasteiger partial charge in [0.25, 0.3) is 0 Å². The van der Waals surface area contributed by atoms with Gasteiger partial charge in [0.15, 0.2) is 16.8 Å². The Kier molecular flexibility index (Phi) is 8.47. The summed E-state index contributed by atoms with van der Waals surface area (Å²) in [6.07, 6.45) is 1.50. The smallest absolute Gasteiger partial charge is 0.220 e. The van der Waals surface area contributed by atoms with Crippen molar-refractivity contribution in [1.82, 2.24) is 15.0 Å². The van der Waals surface area contributed by atoms with Crippen molar-refractivity contribution in [2.75, 3.05) is 10.5 Å². The maximum absolute atomic E-state index is 15.6. The van der Waals surface area contributed by atoms with Crippen LogP contribution in [-0.4, -0.2) is 19.2 Å². The lowest BCUT2D eigenvalue weighted by Crippen LogP contribution is -2.11. The summed E-state index contributed by atoms with van der Waals surface area (Å²) in [5.41, 5.74) is 6.12. The fraction of sp³-hybridized carbons (Fsp3) is 0.240. The van der Waals surface area contributed by atoms with Crippen molar-refractivity contribution in [2.45, 2.75) is 44.9 Å². The molecule has 1 atom stereocenters. The SMILES string of the molecule is CC.CC(C)(C)c1nc(-c2cccc(NS(=O)c3c(F)cccc3F)c2F)c(-c2ccnc(N)n2)s1. The summed E-state index contributed by atoms with van der Waals surface area (Å²) in [6.45, 7) is 9.94. The highest BCUT2D eigenvalue weighted by molar-refractivity contribution is 7.86. The number of nitrogens with two attached hydrogens (primary N) is 1. The largest absolute Gasteiger partial charge is 0.368 e. The average molecular weight is 534 g/mol. The first kappa shape index (κ1) is 27.3. The van der Waals surface area contributed by atoms with E-state index in [1.54, 1.807) is 6.07 Å². The fourth-order valence-corrected chi connectivity index (χ4v) is 5.16. The van der Waals surface area contributed by atoms with E-state index in [1.165, 1.54) is 35.7 Å². The number of aromatic nitrogens is 3. The molecule has 6 nitrogen and oxygen atoms in total. The van der Waals surface area contributed by atoms with Crippen LogP contribution in [0.3, 0.4) is 0 Å². The van der Waals surface area contributed by atoms with Crippen molar-refractivity contribution in [3.8, 4) is 21.8 Å². The minimum atomic E-state index is -2.38. The van der Waals surface area contributed by atoms with Gasteiger partial charge in [-0.05, 0) is 30.3 Å². The summed E-state index contributed by atoms with van der Waals surface area (Å²) in [5, 5.41) is 0.740. The topological polar surface area (TPSA) is 93.8 Å². The summed E-state index contributed by atoms with van der Waals surface area (Å²) in [5.74, 6) is -2.71. The van der Waals surface area contributed by atoms with Crippen LogP contribution in [0.1, 0.15) is 39.6 Å². The molecule has 0 aliphatic carbocycles. The van der Waals surface area contributed by atoms with Gasteiger partial charge in [0.05, 0.1) is 27.0 Å².